The fraction of sp³-hybridized carbons (Fsp3) is 0.222. The predicted octanol–water partition coefficient (Wildman–Crippen LogP) is 2.11. The first kappa shape index (κ1) is 11.9. The fourth-order valence-electron chi connectivity index (χ4n) is 0.982. The smallest absolute Gasteiger partial charge is 0.411 e. The average molecular weight is 228 g/mol. The molecule has 86 valence electrons. The van der Waals surface area contributed by atoms with Gasteiger partial charge in [0.2, 0.25) is 0 Å². The highest BCUT2D eigenvalue weighted by Crippen LogP contribution is 2.16. The molecule has 1 amide bonds. The Bertz CT molecular complexity index is 397. The van der Waals surface area contributed by atoms with Crippen molar-refractivity contribution in [1.82, 2.24) is 0 Å². The van der Waals surface area contributed by atoms with Crippen LogP contribution in [0.5, 0.6) is 0 Å². The normalized spacial score (nSPS) is 9.56. The molecule has 0 saturated heterocycles. The van der Waals surface area contributed by atoms with E-state index in [1.54, 1.807) is 0 Å². The minimum atomic E-state index is -0.849. The number of anilines is 1. The van der Waals surface area contributed by atoms with Gasteiger partial charge in [-0.2, -0.15) is 0 Å². The first-order valence-corrected chi connectivity index (χ1v) is 4.37. The van der Waals surface area contributed by atoms with Gasteiger partial charge < -0.3 is 4.74 Å². The van der Waals surface area contributed by atoms with Crippen LogP contribution in [0.25, 0.3) is 0 Å². The maximum absolute atomic E-state index is 11.7. The van der Waals surface area contributed by atoms with E-state index in [0.717, 1.165) is 0 Å². The van der Waals surface area contributed by atoms with E-state index < -0.39 is 17.7 Å². The van der Waals surface area contributed by atoms with Crippen molar-refractivity contribution in [2.45, 2.75) is 0 Å². The van der Waals surface area contributed by atoms with Crippen LogP contribution in [-0.2, 0) is 4.74 Å². The van der Waals surface area contributed by atoms with Gasteiger partial charge in [0.15, 0.2) is 0 Å². The number of hydrogen-bond donors (Lipinski definition) is 1. The zero-order valence-corrected chi connectivity index (χ0v) is 8.18. The van der Waals surface area contributed by atoms with E-state index in [2.05, 4.69) is 10.1 Å². The summed E-state index contributed by atoms with van der Waals surface area (Å²) in [6.45, 7) is -1.12. The Morgan fingerprint density at radius 1 is 1.56 bits per heavy atom. The summed E-state index contributed by atoms with van der Waals surface area (Å²) in [7, 11) is 0. The van der Waals surface area contributed by atoms with E-state index in [9.17, 15) is 19.3 Å². The third kappa shape index (κ3) is 3.52. The van der Waals surface area contributed by atoms with Crippen molar-refractivity contribution in [2.24, 2.45) is 0 Å². The van der Waals surface area contributed by atoms with Gasteiger partial charge in [0.25, 0.3) is 5.69 Å². The molecule has 0 bridgehead atoms. The highest BCUT2D eigenvalue weighted by Gasteiger charge is 2.08. The fourth-order valence-corrected chi connectivity index (χ4v) is 0.982. The molecule has 0 fully saturated rings. The van der Waals surface area contributed by atoms with Crippen LogP contribution < -0.4 is 5.32 Å². The number of alkyl halides is 1. The number of carbonyl (C=O) groups is 1. The molecular weight excluding hydrogens is 219 g/mol. The highest BCUT2D eigenvalue weighted by atomic mass is 19.1. The number of rotatable bonds is 4. The number of hydrogen-bond acceptors (Lipinski definition) is 4. The van der Waals surface area contributed by atoms with Crippen molar-refractivity contribution < 1.29 is 18.8 Å². The zero-order chi connectivity index (χ0) is 12.0. The predicted molar refractivity (Wildman–Crippen MR) is 54.0 cm³/mol. The van der Waals surface area contributed by atoms with Gasteiger partial charge in [-0.25, -0.2) is 9.18 Å². The van der Waals surface area contributed by atoms with E-state index in [-0.39, 0.29) is 18.0 Å². The summed E-state index contributed by atoms with van der Waals surface area (Å²) in [5.74, 6) is 0. The lowest BCUT2D eigenvalue weighted by Gasteiger charge is -2.04. The molecule has 1 N–H and O–H groups in total. The van der Waals surface area contributed by atoms with E-state index in [4.69, 9.17) is 0 Å². The molecule has 6 nitrogen and oxygen atoms in total. The summed E-state index contributed by atoms with van der Waals surface area (Å²) < 4.78 is 16.1. The number of carbonyl (C=O) groups excluding carboxylic acids is 1. The first-order valence-electron chi connectivity index (χ1n) is 4.37. The molecule has 0 heterocycles. The van der Waals surface area contributed by atoms with Crippen molar-refractivity contribution in [1.29, 1.82) is 0 Å². The molecule has 0 aliphatic heterocycles. The summed E-state index contributed by atoms with van der Waals surface area (Å²) in [5, 5.41) is 12.7. The summed E-state index contributed by atoms with van der Waals surface area (Å²) in [5.41, 5.74) is 0.0707. The van der Waals surface area contributed by atoms with Crippen LogP contribution in [0, 0.1) is 10.1 Å². The van der Waals surface area contributed by atoms with Gasteiger partial charge in [0.1, 0.15) is 13.3 Å². The number of nitrogens with one attached hydrogen (secondary N) is 1. The molecule has 0 aromatic heterocycles. The first-order chi connectivity index (χ1) is 7.63. The quantitative estimate of drug-likeness (QED) is 0.632. The van der Waals surface area contributed by atoms with Gasteiger partial charge >= 0.3 is 6.09 Å². The monoisotopic (exact) mass is 228 g/mol. The average Bonchev–Trinajstić information content (AvgIpc) is 2.26. The number of nitro benzene ring substituents is 1. The van der Waals surface area contributed by atoms with Crippen molar-refractivity contribution in [3.63, 3.8) is 0 Å². The van der Waals surface area contributed by atoms with Gasteiger partial charge in [0, 0.05) is 12.1 Å². The van der Waals surface area contributed by atoms with Gasteiger partial charge in [-0.15, -0.1) is 0 Å². The zero-order valence-electron chi connectivity index (χ0n) is 8.18. The molecule has 0 saturated carbocycles. The van der Waals surface area contributed by atoms with Crippen molar-refractivity contribution >= 4 is 17.5 Å². The van der Waals surface area contributed by atoms with Crippen LogP contribution in [-0.4, -0.2) is 24.3 Å². The maximum Gasteiger partial charge on any atom is 0.411 e. The van der Waals surface area contributed by atoms with Gasteiger partial charge in [-0.05, 0) is 6.07 Å². The molecule has 0 atom stereocenters. The number of nitro groups is 1. The van der Waals surface area contributed by atoms with E-state index in [0.29, 0.717) is 0 Å². The van der Waals surface area contributed by atoms with Crippen LogP contribution in [0.3, 0.4) is 0 Å². The van der Waals surface area contributed by atoms with Gasteiger partial charge in [-0.3, -0.25) is 15.4 Å². The second-order valence-electron chi connectivity index (χ2n) is 2.76. The van der Waals surface area contributed by atoms with Gasteiger partial charge in [0.05, 0.1) is 10.6 Å². The lowest BCUT2D eigenvalue weighted by atomic mass is 10.3. The van der Waals surface area contributed by atoms with Crippen LogP contribution in [0.15, 0.2) is 24.3 Å². The van der Waals surface area contributed by atoms with Crippen LogP contribution in [0.2, 0.25) is 0 Å². The molecule has 0 aliphatic rings. The molecule has 1 aromatic rings. The Morgan fingerprint density at radius 3 is 2.94 bits per heavy atom. The lowest BCUT2D eigenvalue weighted by molar-refractivity contribution is -0.384. The molecule has 1 aromatic carbocycles. The molecule has 0 radical (unpaired) electrons. The second kappa shape index (κ2) is 5.64. The summed E-state index contributed by atoms with van der Waals surface area (Å²) in [6, 6.07) is 5.35. The minimum absolute atomic E-state index is 0.150. The highest BCUT2D eigenvalue weighted by molar-refractivity contribution is 5.85. The number of non-ortho nitro benzene ring substituents is 1. The number of nitrogens with zero attached hydrogens (tertiary/aromatic N) is 1. The third-order valence-electron chi connectivity index (χ3n) is 1.61. The third-order valence-corrected chi connectivity index (χ3v) is 1.61. The molecule has 0 aliphatic carbocycles. The Kier molecular flexibility index (Phi) is 4.19. The molecule has 1 rings (SSSR count). The topological polar surface area (TPSA) is 81.5 Å². The molecule has 7 heteroatoms. The summed E-state index contributed by atoms with van der Waals surface area (Å²) in [6.07, 6.45) is -0.849. The Balaban J connectivity index is 2.63. The second-order valence-corrected chi connectivity index (χ2v) is 2.76. The van der Waals surface area contributed by atoms with E-state index in [1.165, 1.54) is 24.3 Å². The summed E-state index contributed by atoms with van der Waals surface area (Å²) in [4.78, 5) is 20.8. The van der Waals surface area contributed by atoms with Crippen LogP contribution in [0.1, 0.15) is 0 Å². The number of halogens is 1. The van der Waals surface area contributed by atoms with Crippen molar-refractivity contribution in [3.8, 4) is 0 Å². The van der Waals surface area contributed by atoms with Crippen molar-refractivity contribution in [2.75, 3.05) is 18.6 Å². The number of amides is 1. The SMILES string of the molecule is O=C(Nc1cccc([N+](=O)[O-])c1)OCCF. The molecule has 0 unspecified atom stereocenters. The Hall–Kier alpha value is -2.18. The van der Waals surface area contributed by atoms with Gasteiger partial charge in [-0.1, -0.05) is 6.07 Å². The standard InChI is InChI=1S/C9H9FN2O4/c10-4-5-16-9(13)11-7-2-1-3-8(6-7)12(14)15/h1-3,6H,4-5H2,(H,11,13). The Labute approximate surface area is 90.2 Å². The number of benzene rings is 1. The Morgan fingerprint density at radius 2 is 2.31 bits per heavy atom. The lowest BCUT2D eigenvalue weighted by Crippen LogP contribution is -2.15. The summed E-state index contributed by atoms with van der Waals surface area (Å²) >= 11 is 0. The van der Waals surface area contributed by atoms with Crippen molar-refractivity contribution in [3.05, 3.63) is 34.4 Å². The van der Waals surface area contributed by atoms with Crippen LogP contribution in [0.4, 0.5) is 20.6 Å². The molecule has 0 spiro atoms. The number of ether oxygens (including phenoxy) is 1. The maximum atomic E-state index is 11.7. The largest absolute Gasteiger partial charge is 0.447 e. The minimum Gasteiger partial charge on any atom is -0.447 e. The van der Waals surface area contributed by atoms with Crippen LogP contribution >= 0.6 is 0 Å². The van der Waals surface area contributed by atoms with E-state index >= 15 is 0 Å². The molecule has 16 heavy (non-hydrogen) atoms. The molecular formula is C9H9FN2O4. The van der Waals surface area contributed by atoms with E-state index in [1.807, 2.05) is 0 Å².